The molecule has 20 heavy (non-hydrogen) atoms. The molecule has 0 fully saturated rings. The highest BCUT2D eigenvalue weighted by Crippen LogP contribution is 2.40. The van der Waals surface area contributed by atoms with Crippen LogP contribution in [0.2, 0.25) is 0 Å². The minimum atomic E-state index is -1.57. The van der Waals surface area contributed by atoms with Crippen LogP contribution < -0.4 is 10.1 Å². The molecule has 0 aliphatic heterocycles. The van der Waals surface area contributed by atoms with Gasteiger partial charge in [-0.1, -0.05) is 6.58 Å². The largest absolute Gasteiger partial charge is 0.504 e. The molecular weight excluding hydrogens is 270 g/mol. The Labute approximate surface area is 112 Å². The van der Waals surface area contributed by atoms with E-state index in [4.69, 9.17) is 9.84 Å². The highest BCUT2D eigenvalue weighted by atomic mass is 16.5. The van der Waals surface area contributed by atoms with Gasteiger partial charge in [0.2, 0.25) is 5.91 Å². The minimum Gasteiger partial charge on any atom is -0.504 e. The fraction of sp³-hybridized carbons (Fsp3) is 0.0833. The molecule has 0 unspecified atom stereocenters. The van der Waals surface area contributed by atoms with Gasteiger partial charge in [-0.05, 0) is 12.1 Å². The molecule has 0 heterocycles. The number of carboxylic acids is 1. The van der Waals surface area contributed by atoms with Crippen molar-refractivity contribution in [2.45, 2.75) is 6.92 Å². The second-order valence-corrected chi connectivity index (χ2v) is 3.66. The highest BCUT2D eigenvalue weighted by molar-refractivity contribution is 6.13. The summed E-state index contributed by atoms with van der Waals surface area (Å²) in [5.41, 5.74) is -1.18. The van der Waals surface area contributed by atoms with Crippen LogP contribution in [0.15, 0.2) is 24.3 Å². The van der Waals surface area contributed by atoms with Crippen molar-refractivity contribution in [2.24, 2.45) is 0 Å². The molecule has 1 aromatic carbocycles. The van der Waals surface area contributed by atoms with Gasteiger partial charge in [0.25, 0.3) is 0 Å². The van der Waals surface area contributed by atoms with E-state index in [0.29, 0.717) is 0 Å². The summed E-state index contributed by atoms with van der Waals surface area (Å²) in [7, 11) is 0. The molecule has 1 rings (SSSR count). The number of esters is 1. The van der Waals surface area contributed by atoms with E-state index in [1.807, 2.05) is 0 Å². The van der Waals surface area contributed by atoms with Gasteiger partial charge in [0.15, 0.2) is 17.2 Å². The zero-order valence-electron chi connectivity index (χ0n) is 10.3. The lowest BCUT2D eigenvalue weighted by atomic mass is 10.2. The summed E-state index contributed by atoms with van der Waals surface area (Å²) in [6, 6.07) is 2.08. The van der Waals surface area contributed by atoms with Crippen LogP contribution in [0, 0.1) is 0 Å². The Hall–Kier alpha value is -3.03. The summed E-state index contributed by atoms with van der Waals surface area (Å²) in [5.74, 6) is -5.03. The molecule has 8 nitrogen and oxygen atoms in total. The molecule has 0 saturated heterocycles. The second-order valence-electron chi connectivity index (χ2n) is 3.66. The van der Waals surface area contributed by atoms with Gasteiger partial charge in [-0.3, -0.25) is 4.79 Å². The molecule has 0 spiro atoms. The monoisotopic (exact) mass is 281 g/mol. The number of phenolic OH excluding ortho intramolecular Hbond substituents is 2. The third kappa shape index (κ3) is 3.25. The van der Waals surface area contributed by atoms with Crippen molar-refractivity contribution in [3.8, 4) is 17.2 Å². The molecule has 0 bridgehead atoms. The third-order valence-electron chi connectivity index (χ3n) is 2.13. The van der Waals surface area contributed by atoms with Crippen LogP contribution in [-0.2, 0) is 14.4 Å². The zero-order chi connectivity index (χ0) is 15.4. The number of aliphatic carboxylic acids is 1. The Morgan fingerprint density at radius 1 is 1.25 bits per heavy atom. The summed E-state index contributed by atoms with van der Waals surface area (Å²) < 4.78 is 4.70. The van der Waals surface area contributed by atoms with Crippen molar-refractivity contribution in [3.05, 3.63) is 24.3 Å². The summed E-state index contributed by atoms with van der Waals surface area (Å²) in [6.07, 6.45) is 0. The summed E-state index contributed by atoms with van der Waals surface area (Å²) >= 11 is 0. The topological polar surface area (TPSA) is 133 Å². The zero-order valence-corrected chi connectivity index (χ0v) is 10.3. The van der Waals surface area contributed by atoms with Crippen molar-refractivity contribution in [1.82, 2.24) is 0 Å². The van der Waals surface area contributed by atoms with E-state index in [-0.39, 0.29) is 11.4 Å². The van der Waals surface area contributed by atoms with Gasteiger partial charge in [-0.25, -0.2) is 9.59 Å². The van der Waals surface area contributed by atoms with Gasteiger partial charge in [0.1, 0.15) is 11.3 Å². The number of aromatic hydroxyl groups is 2. The molecule has 0 aliphatic rings. The Morgan fingerprint density at radius 2 is 1.85 bits per heavy atom. The first-order chi connectivity index (χ1) is 9.23. The predicted molar refractivity (Wildman–Crippen MR) is 66.5 cm³/mol. The molecule has 4 N–H and O–H groups in total. The number of nitrogens with one attached hydrogen (secondary N) is 1. The van der Waals surface area contributed by atoms with Crippen LogP contribution in [0.25, 0.3) is 0 Å². The second kappa shape index (κ2) is 5.74. The number of carbonyl (C=O) groups is 3. The van der Waals surface area contributed by atoms with E-state index in [0.717, 1.165) is 19.1 Å². The smallest absolute Gasteiger partial charge is 0.350 e. The number of hydrogen-bond donors (Lipinski definition) is 4. The Bertz CT molecular complexity index is 606. The van der Waals surface area contributed by atoms with E-state index in [9.17, 15) is 24.6 Å². The number of anilines is 1. The van der Waals surface area contributed by atoms with Crippen LogP contribution in [0.4, 0.5) is 5.69 Å². The SMILES string of the molecule is C=C(C(=O)O)C(=O)Oc1ccc(O)c(O)c1NC(C)=O. The lowest BCUT2D eigenvalue weighted by Crippen LogP contribution is -2.18. The van der Waals surface area contributed by atoms with Crippen molar-refractivity contribution in [2.75, 3.05) is 5.32 Å². The highest BCUT2D eigenvalue weighted by Gasteiger charge is 2.21. The van der Waals surface area contributed by atoms with Crippen molar-refractivity contribution in [3.63, 3.8) is 0 Å². The molecule has 1 amide bonds. The molecule has 8 heteroatoms. The maximum absolute atomic E-state index is 11.4. The first kappa shape index (κ1) is 15.0. The first-order valence-corrected chi connectivity index (χ1v) is 5.21. The number of amides is 1. The number of hydrogen-bond acceptors (Lipinski definition) is 6. The lowest BCUT2D eigenvalue weighted by Gasteiger charge is -2.12. The average Bonchev–Trinajstić information content (AvgIpc) is 2.36. The third-order valence-corrected chi connectivity index (χ3v) is 2.13. The van der Waals surface area contributed by atoms with Gasteiger partial charge in [-0.15, -0.1) is 0 Å². The molecule has 0 aromatic heterocycles. The van der Waals surface area contributed by atoms with Gasteiger partial charge < -0.3 is 25.4 Å². The van der Waals surface area contributed by atoms with E-state index >= 15 is 0 Å². The van der Waals surface area contributed by atoms with E-state index in [2.05, 4.69) is 11.9 Å². The van der Waals surface area contributed by atoms with Crippen LogP contribution in [-0.4, -0.2) is 33.2 Å². The maximum atomic E-state index is 11.4. The van der Waals surface area contributed by atoms with E-state index in [1.54, 1.807) is 0 Å². The molecule has 0 atom stereocenters. The Balaban J connectivity index is 3.15. The van der Waals surface area contributed by atoms with Crippen LogP contribution in [0.1, 0.15) is 6.92 Å². The number of rotatable bonds is 4. The number of ether oxygens (including phenoxy) is 1. The van der Waals surface area contributed by atoms with Gasteiger partial charge in [0.05, 0.1) is 0 Å². The maximum Gasteiger partial charge on any atom is 0.350 e. The summed E-state index contributed by atoms with van der Waals surface area (Å²) in [4.78, 5) is 33.0. The van der Waals surface area contributed by atoms with Crippen molar-refractivity contribution in [1.29, 1.82) is 0 Å². The normalized spacial score (nSPS) is 9.65. The standard InChI is InChI=1S/C12H11NO7/c1-5(11(17)18)12(19)20-8-4-3-7(15)10(16)9(8)13-6(2)14/h3-4,15-16H,1H2,2H3,(H,13,14)(H,17,18). The number of carbonyl (C=O) groups excluding carboxylic acids is 2. The molecule has 1 aromatic rings. The summed E-state index contributed by atoms with van der Waals surface area (Å²) in [5, 5.41) is 29.6. The average molecular weight is 281 g/mol. The summed E-state index contributed by atoms with van der Waals surface area (Å²) in [6.45, 7) is 4.14. The van der Waals surface area contributed by atoms with Gasteiger partial charge in [-0.2, -0.15) is 0 Å². The molecular formula is C12H11NO7. The quantitative estimate of drug-likeness (QED) is 0.158. The molecule has 106 valence electrons. The fourth-order valence-electron chi connectivity index (χ4n) is 1.19. The predicted octanol–water partition coefficient (Wildman–Crippen LogP) is 0.602. The van der Waals surface area contributed by atoms with E-state index in [1.165, 1.54) is 0 Å². The van der Waals surface area contributed by atoms with E-state index < -0.39 is 34.9 Å². The molecule has 0 radical (unpaired) electrons. The van der Waals surface area contributed by atoms with Crippen LogP contribution >= 0.6 is 0 Å². The number of benzene rings is 1. The number of phenols is 2. The van der Waals surface area contributed by atoms with Gasteiger partial charge in [0, 0.05) is 6.92 Å². The van der Waals surface area contributed by atoms with Crippen molar-refractivity contribution < 1.29 is 34.4 Å². The minimum absolute atomic E-state index is 0.331. The molecule has 0 aliphatic carbocycles. The Kier molecular flexibility index (Phi) is 4.31. The first-order valence-electron chi connectivity index (χ1n) is 5.21. The lowest BCUT2D eigenvalue weighted by molar-refractivity contribution is -0.138. The Morgan fingerprint density at radius 3 is 2.35 bits per heavy atom. The fourth-order valence-corrected chi connectivity index (χ4v) is 1.19. The molecule has 0 saturated carbocycles. The van der Waals surface area contributed by atoms with Gasteiger partial charge >= 0.3 is 11.9 Å². The number of carboxylic acid groups (broad SMARTS) is 1. The van der Waals surface area contributed by atoms with Crippen molar-refractivity contribution >= 4 is 23.5 Å². The van der Waals surface area contributed by atoms with Crippen LogP contribution in [0.3, 0.4) is 0 Å². The van der Waals surface area contributed by atoms with Crippen LogP contribution in [0.5, 0.6) is 17.2 Å².